The van der Waals surface area contributed by atoms with Crippen molar-refractivity contribution in [1.82, 2.24) is 10.2 Å². The molecule has 1 N–H and O–H groups in total. The molecule has 0 atom stereocenters. The molecule has 0 aliphatic carbocycles. The van der Waals surface area contributed by atoms with Crippen LogP contribution in [0.1, 0.15) is 5.56 Å². The van der Waals surface area contributed by atoms with Gasteiger partial charge in [0, 0.05) is 13.1 Å². The van der Waals surface area contributed by atoms with Crippen LogP contribution in [0.5, 0.6) is 11.5 Å². The van der Waals surface area contributed by atoms with E-state index in [1.807, 2.05) is 0 Å². The Morgan fingerprint density at radius 3 is 2.56 bits per heavy atom. The lowest BCUT2D eigenvalue weighted by Crippen LogP contribution is -2.38. The van der Waals surface area contributed by atoms with Crippen LogP contribution >= 0.6 is 23.4 Å². The van der Waals surface area contributed by atoms with Gasteiger partial charge in [0.2, 0.25) is 0 Å². The summed E-state index contributed by atoms with van der Waals surface area (Å²) in [6.45, 7) is -3.16. The van der Waals surface area contributed by atoms with Crippen LogP contribution in [0.25, 0.3) is 6.08 Å². The summed E-state index contributed by atoms with van der Waals surface area (Å²) < 4.78 is 34.0. The number of imide groups is 1. The number of alkyl halides is 2. The van der Waals surface area contributed by atoms with Crippen molar-refractivity contribution in [1.29, 1.82) is 0 Å². The molecule has 168 valence electrons. The normalized spacial score (nSPS) is 14.9. The lowest BCUT2D eigenvalue weighted by atomic mass is 10.2. The predicted molar refractivity (Wildman–Crippen MR) is 116 cm³/mol. The summed E-state index contributed by atoms with van der Waals surface area (Å²) in [6.07, 6.45) is 1.48. The summed E-state index contributed by atoms with van der Waals surface area (Å²) in [5.41, 5.74) is 0.544. The molecule has 0 saturated carbocycles. The first-order valence-corrected chi connectivity index (χ1v) is 10.5. The number of para-hydroxylation sites is 1. The topological polar surface area (TPSA) is 84.9 Å². The van der Waals surface area contributed by atoms with Gasteiger partial charge < -0.3 is 14.8 Å². The SMILES string of the molecule is O=C(COc1ccccc1Cl)NCCN1C(=O)S/C(=C\c2ccc(OC(F)F)cc2)C1=O. The van der Waals surface area contributed by atoms with Crippen molar-refractivity contribution in [3.05, 3.63) is 64.0 Å². The van der Waals surface area contributed by atoms with Crippen molar-refractivity contribution in [2.24, 2.45) is 0 Å². The van der Waals surface area contributed by atoms with Gasteiger partial charge in [0.1, 0.15) is 11.5 Å². The van der Waals surface area contributed by atoms with Gasteiger partial charge in [-0.2, -0.15) is 8.78 Å². The maximum absolute atomic E-state index is 12.5. The van der Waals surface area contributed by atoms with Gasteiger partial charge in [0.05, 0.1) is 9.93 Å². The van der Waals surface area contributed by atoms with Crippen LogP contribution < -0.4 is 14.8 Å². The van der Waals surface area contributed by atoms with Crippen LogP contribution in [-0.2, 0) is 9.59 Å². The summed E-state index contributed by atoms with van der Waals surface area (Å²) in [4.78, 5) is 37.8. The molecule has 0 bridgehead atoms. The van der Waals surface area contributed by atoms with E-state index in [9.17, 15) is 23.2 Å². The van der Waals surface area contributed by atoms with Gasteiger partial charge in [-0.15, -0.1) is 0 Å². The van der Waals surface area contributed by atoms with Crippen molar-refractivity contribution < 1.29 is 32.6 Å². The average Bonchev–Trinajstić information content (AvgIpc) is 3.01. The third-order valence-corrected chi connectivity index (χ3v) is 5.35. The van der Waals surface area contributed by atoms with E-state index in [2.05, 4.69) is 10.1 Å². The number of nitrogens with one attached hydrogen (secondary N) is 1. The second kappa shape index (κ2) is 11.0. The minimum Gasteiger partial charge on any atom is -0.482 e. The number of ether oxygens (including phenoxy) is 2. The van der Waals surface area contributed by atoms with Crippen LogP contribution in [0.4, 0.5) is 13.6 Å². The van der Waals surface area contributed by atoms with Gasteiger partial charge in [0.15, 0.2) is 6.61 Å². The molecule has 1 fully saturated rings. The molecule has 3 rings (SSSR count). The molecular formula is C21H17ClF2N2O5S. The standard InChI is InChI=1S/C21H17ClF2N2O5S/c22-15-3-1-2-4-16(15)30-12-18(27)25-9-10-26-19(28)17(32-21(26)29)11-13-5-7-14(8-6-13)31-20(23)24/h1-8,11,20H,9-10,12H2,(H,25,27)/b17-11-. The highest BCUT2D eigenvalue weighted by Gasteiger charge is 2.34. The number of amides is 3. The Bertz CT molecular complexity index is 1030. The van der Waals surface area contributed by atoms with Gasteiger partial charge in [-0.3, -0.25) is 19.3 Å². The fraction of sp³-hybridized carbons (Fsp3) is 0.190. The Morgan fingerprint density at radius 1 is 1.16 bits per heavy atom. The quantitative estimate of drug-likeness (QED) is 0.540. The van der Waals surface area contributed by atoms with Crippen LogP contribution in [0.15, 0.2) is 53.4 Å². The van der Waals surface area contributed by atoms with Crippen molar-refractivity contribution in [3.63, 3.8) is 0 Å². The number of carbonyl (C=O) groups is 3. The smallest absolute Gasteiger partial charge is 0.387 e. The first kappa shape index (κ1) is 23.6. The van der Waals surface area contributed by atoms with Crippen LogP contribution in [0.2, 0.25) is 5.02 Å². The first-order valence-electron chi connectivity index (χ1n) is 9.28. The summed E-state index contributed by atoms with van der Waals surface area (Å²) in [5, 5.41) is 2.47. The second-order valence-corrected chi connectivity index (χ2v) is 7.75. The second-order valence-electron chi connectivity index (χ2n) is 6.35. The lowest BCUT2D eigenvalue weighted by Gasteiger charge is -2.13. The summed E-state index contributed by atoms with van der Waals surface area (Å²) in [5.74, 6) is -0.582. The third-order valence-electron chi connectivity index (χ3n) is 4.13. The van der Waals surface area contributed by atoms with Gasteiger partial charge >= 0.3 is 6.61 Å². The van der Waals surface area contributed by atoms with Gasteiger partial charge in [-0.1, -0.05) is 35.9 Å². The first-order chi connectivity index (χ1) is 15.3. The molecule has 2 aromatic carbocycles. The van der Waals surface area contributed by atoms with Crippen molar-refractivity contribution in [2.75, 3.05) is 19.7 Å². The molecule has 2 aromatic rings. The van der Waals surface area contributed by atoms with Crippen LogP contribution in [-0.4, -0.2) is 48.3 Å². The van der Waals surface area contributed by atoms with E-state index in [0.29, 0.717) is 16.3 Å². The zero-order valence-electron chi connectivity index (χ0n) is 16.4. The molecule has 0 radical (unpaired) electrons. The number of hydrogen-bond acceptors (Lipinski definition) is 6. The van der Waals surface area contributed by atoms with Gasteiger partial charge in [-0.05, 0) is 47.7 Å². The Hall–Kier alpha value is -3.11. The minimum absolute atomic E-state index is 0.0129. The highest BCUT2D eigenvalue weighted by Crippen LogP contribution is 2.32. The molecule has 1 heterocycles. The van der Waals surface area contributed by atoms with Crippen LogP contribution in [0.3, 0.4) is 0 Å². The molecule has 1 aliphatic heterocycles. The molecule has 32 heavy (non-hydrogen) atoms. The van der Waals surface area contributed by atoms with Crippen LogP contribution in [0, 0.1) is 0 Å². The number of thioether (sulfide) groups is 1. The highest BCUT2D eigenvalue weighted by molar-refractivity contribution is 8.18. The maximum Gasteiger partial charge on any atom is 0.387 e. The Labute approximate surface area is 191 Å². The molecule has 3 amide bonds. The third kappa shape index (κ3) is 6.44. The fourth-order valence-corrected chi connectivity index (χ4v) is 3.71. The molecular weight excluding hydrogens is 466 g/mol. The largest absolute Gasteiger partial charge is 0.482 e. The van der Waals surface area contributed by atoms with Crippen molar-refractivity contribution in [2.45, 2.75) is 6.61 Å². The Balaban J connectivity index is 1.48. The number of nitrogens with zero attached hydrogens (tertiary/aromatic N) is 1. The number of halogens is 3. The summed E-state index contributed by atoms with van der Waals surface area (Å²) >= 11 is 6.70. The number of benzene rings is 2. The molecule has 0 spiro atoms. The van der Waals surface area contributed by atoms with E-state index in [1.54, 1.807) is 24.3 Å². The average molecular weight is 483 g/mol. The number of hydrogen-bond donors (Lipinski definition) is 1. The fourth-order valence-electron chi connectivity index (χ4n) is 2.65. The van der Waals surface area contributed by atoms with E-state index in [1.165, 1.54) is 30.3 Å². The monoisotopic (exact) mass is 482 g/mol. The molecule has 7 nitrogen and oxygen atoms in total. The number of carbonyl (C=O) groups excluding carboxylic acids is 3. The van der Waals surface area contributed by atoms with Gasteiger partial charge in [-0.25, -0.2) is 0 Å². The zero-order chi connectivity index (χ0) is 23.1. The Kier molecular flexibility index (Phi) is 8.07. The van der Waals surface area contributed by atoms with Crippen molar-refractivity contribution >= 4 is 46.5 Å². The summed E-state index contributed by atoms with van der Waals surface area (Å²) in [7, 11) is 0. The van der Waals surface area contributed by atoms with E-state index < -0.39 is 23.7 Å². The van der Waals surface area contributed by atoms with E-state index in [-0.39, 0.29) is 30.4 Å². The lowest BCUT2D eigenvalue weighted by molar-refractivity contribution is -0.125. The summed E-state index contributed by atoms with van der Waals surface area (Å²) in [6, 6.07) is 12.4. The molecule has 0 aromatic heterocycles. The van der Waals surface area contributed by atoms with Gasteiger partial charge in [0.25, 0.3) is 17.1 Å². The molecule has 1 aliphatic rings. The van der Waals surface area contributed by atoms with E-state index in [0.717, 1.165) is 16.7 Å². The maximum atomic E-state index is 12.5. The Morgan fingerprint density at radius 2 is 1.88 bits per heavy atom. The van der Waals surface area contributed by atoms with Crippen molar-refractivity contribution in [3.8, 4) is 11.5 Å². The van der Waals surface area contributed by atoms with E-state index >= 15 is 0 Å². The predicted octanol–water partition coefficient (Wildman–Crippen LogP) is 4.17. The minimum atomic E-state index is -2.93. The molecule has 0 unspecified atom stereocenters. The highest BCUT2D eigenvalue weighted by atomic mass is 35.5. The molecule has 11 heteroatoms. The van der Waals surface area contributed by atoms with E-state index in [4.69, 9.17) is 16.3 Å². The number of rotatable bonds is 9. The molecule has 1 saturated heterocycles. The zero-order valence-corrected chi connectivity index (χ0v) is 18.0.